The van der Waals surface area contributed by atoms with Gasteiger partial charge in [0.2, 0.25) is 5.91 Å². The molecular weight excluding hydrogens is 408 g/mol. The highest BCUT2D eigenvalue weighted by Crippen LogP contribution is 2.24. The number of aromatic nitrogens is 2. The summed E-state index contributed by atoms with van der Waals surface area (Å²) in [6, 6.07) is 15.0. The number of ether oxygens (including phenoxy) is 2. The molecule has 1 saturated heterocycles. The van der Waals surface area contributed by atoms with Crippen LogP contribution in [0.3, 0.4) is 0 Å². The third-order valence-electron chi connectivity index (χ3n) is 5.42. The van der Waals surface area contributed by atoms with Crippen molar-refractivity contribution in [1.29, 1.82) is 0 Å². The first-order chi connectivity index (χ1) is 15.7. The molecular formula is C24H28N4O4. The lowest BCUT2D eigenvalue weighted by Gasteiger charge is -2.31. The van der Waals surface area contributed by atoms with Gasteiger partial charge in [0, 0.05) is 19.0 Å². The van der Waals surface area contributed by atoms with Crippen molar-refractivity contribution < 1.29 is 18.7 Å². The van der Waals surface area contributed by atoms with E-state index in [0.717, 1.165) is 43.2 Å². The largest absolute Gasteiger partial charge is 0.494 e. The Balaban J connectivity index is 1.17. The summed E-state index contributed by atoms with van der Waals surface area (Å²) in [6.07, 6.45) is 3.19. The maximum atomic E-state index is 12.5. The monoisotopic (exact) mass is 436 g/mol. The lowest BCUT2D eigenvalue weighted by Crippen LogP contribution is -2.41. The lowest BCUT2D eigenvalue weighted by atomic mass is 9.96. The second kappa shape index (κ2) is 10.7. The van der Waals surface area contributed by atoms with Gasteiger partial charge in [-0.25, -0.2) is 0 Å². The smallest absolute Gasteiger partial charge is 0.223 e. The summed E-state index contributed by atoms with van der Waals surface area (Å²) in [5, 5.41) is 11.6. The van der Waals surface area contributed by atoms with E-state index in [-0.39, 0.29) is 11.8 Å². The van der Waals surface area contributed by atoms with Crippen molar-refractivity contribution in [1.82, 2.24) is 15.5 Å². The molecule has 32 heavy (non-hydrogen) atoms. The number of hydrogen-bond acceptors (Lipinski definition) is 7. The second-order valence-corrected chi connectivity index (χ2v) is 7.56. The summed E-state index contributed by atoms with van der Waals surface area (Å²) in [7, 11) is 0. The molecule has 168 valence electrons. The van der Waals surface area contributed by atoms with Crippen LogP contribution in [0.25, 0.3) is 11.5 Å². The van der Waals surface area contributed by atoms with E-state index in [0.29, 0.717) is 31.2 Å². The van der Waals surface area contributed by atoms with E-state index in [1.165, 1.54) is 0 Å². The van der Waals surface area contributed by atoms with Gasteiger partial charge in [-0.3, -0.25) is 4.79 Å². The molecule has 2 aromatic heterocycles. The topological polar surface area (TPSA) is 89.7 Å². The van der Waals surface area contributed by atoms with Crippen LogP contribution in [0, 0.1) is 5.92 Å². The highest BCUT2D eigenvalue weighted by molar-refractivity contribution is 5.79. The van der Waals surface area contributed by atoms with Gasteiger partial charge < -0.3 is 24.1 Å². The van der Waals surface area contributed by atoms with Crippen LogP contribution in [0.1, 0.15) is 19.8 Å². The number of piperidine rings is 1. The zero-order chi connectivity index (χ0) is 22.2. The van der Waals surface area contributed by atoms with Crippen LogP contribution in [0.15, 0.2) is 59.2 Å². The summed E-state index contributed by atoms with van der Waals surface area (Å²) >= 11 is 0. The number of furan rings is 1. The SMILES string of the molecule is CCOc1ccc(OCCNC(=O)C2CCN(c3ccc(-c4ccco4)nn3)CC2)cc1. The minimum atomic E-state index is 0.00655. The molecule has 3 aromatic rings. The molecule has 1 fully saturated rings. The molecule has 0 spiro atoms. The number of carbonyl (C=O) groups is 1. The van der Waals surface area contributed by atoms with Crippen molar-refractivity contribution in [3.05, 3.63) is 54.8 Å². The number of carbonyl (C=O) groups excluding carboxylic acids is 1. The minimum absolute atomic E-state index is 0.00655. The van der Waals surface area contributed by atoms with Crippen molar-refractivity contribution in [3.63, 3.8) is 0 Å². The van der Waals surface area contributed by atoms with Crippen LogP contribution >= 0.6 is 0 Å². The predicted octanol–water partition coefficient (Wildman–Crippen LogP) is 3.55. The molecule has 0 saturated carbocycles. The second-order valence-electron chi connectivity index (χ2n) is 7.56. The molecule has 0 unspecified atom stereocenters. The van der Waals surface area contributed by atoms with E-state index in [2.05, 4.69) is 20.4 Å². The molecule has 1 N–H and O–H groups in total. The number of hydrogen-bond donors (Lipinski definition) is 1. The van der Waals surface area contributed by atoms with Gasteiger partial charge in [-0.15, -0.1) is 10.2 Å². The average Bonchev–Trinajstić information content (AvgIpc) is 3.38. The minimum Gasteiger partial charge on any atom is -0.494 e. The summed E-state index contributed by atoms with van der Waals surface area (Å²) in [4.78, 5) is 14.7. The first kappa shape index (κ1) is 21.7. The van der Waals surface area contributed by atoms with Crippen LogP contribution in [0.4, 0.5) is 5.82 Å². The first-order valence-electron chi connectivity index (χ1n) is 11.0. The molecule has 1 amide bonds. The number of nitrogens with one attached hydrogen (secondary N) is 1. The Morgan fingerprint density at radius 2 is 1.81 bits per heavy atom. The van der Waals surface area contributed by atoms with Crippen molar-refractivity contribution in [2.45, 2.75) is 19.8 Å². The van der Waals surface area contributed by atoms with E-state index in [4.69, 9.17) is 13.9 Å². The zero-order valence-corrected chi connectivity index (χ0v) is 18.2. The van der Waals surface area contributed by atoms with Gasteiger partial charge in [0.25, 0.3) is 0 Å². The van der Waals surface area contributed by atoms with E-state index < -0.39 is 0 Å². The molecule has 4 rings (SSSR count). The average molecular weight is 437 g/mol. The van der Waals surface area contributed by atoms with Crippen LogP contribution in [0.5, 0.6) is 11.5 Å². The molecule has 1 aromatic carbocycles. The van der Waals surface area contributed by atoms with E-state index in [1.54, 1.807) is 6.26 Å². The number of rotatable bonds is 9. The van der Waals surface area contributed by atoms with Crippen LogP contribution in [0.2, 0.25) is 0 Å². The fourth-order valence-electron chi connectivity index (χ4n) is 3.71. The van der Waals surface area contributed by atoms with Crippen molar-refractivity contribution in [2.24, 2.45) is 5.92 Å². The summed E-state index contributed by atoms with van der Waals surface area (Å²) in [5.41, 5.74) is 0.709. The van der Waals surface area contributed by atoms with E-state index >= 15 is 0 Å². The third-order valence-corrected chi connectivity index (χ3v) is 5.42. The van der Waals surface area contributed by atoms with Crippen LogP contribution in [-0.2, 0) is 4.79 Å². The number of amides is 1. The Morgan fingerprint density at radius 1 is 1.06 bits per heavy atom. The van der Waals surface area contributed by atoms with Crippen LogP contribution in [-0.4, -0.2) is 49.0 Å². The van der Waals surface area contributed by atoms with Crippen molar-refractivity contribution >= 4 is 11.7 Å². The molecule has 0 radical (unpaired) electrons. The molecule has 1 aliphatic heterocycles. The maximum Gasteiger partial charge on any atom is 0.223 e. The molecule has 0 bridgehead atoms. The molecule has 8 heteroatoms. The summed E-state index contributed by atoms with van der Waals surface area (Å²) in [5.74, 6) is 3.19. The van der Waals surface area contributed by atoms with Crippen LogP contribution < -0.4 is 19.7 Å². The van der Waals surface area contributed by atoms with Gasteiger partial charge in [0.1, 0.15) is 23.8 Å². The first-order valence-corrected chi connectivity index (χ1v) is 11.0. The van der Waals surface area contributed by atoms with E-state index in [1.807, 2.05) is 55.5 Å². The zero-order valence-electron chi connectivity index (χ0n) is 18.2. The molecule has 1 aliphatic rings. The molecule has 8 nitrogen and oxygen atoms in total. The van der Waals surface area contributed by atoms with Crippen molar-refractivity contribution in [2.75, 3.05) is 37.7 Å². The number of anilines is 1. The summed E-state index contributed by atoms with van der Waals surface area (Å²) < 4.78 is 16.5. The summed E-state index contributed by atoms with van der Waals surface area (Å²) in [6.45, 7) is 5.04. The third kappa shape index (κ3) is 5.57. The molecule has 3 heterocycles. The quantitative estimate of drug-likeness (QED) is 0.513. The molecule has 0 atom stereocenters. The highest BCUT2D eigenvalue weighted by atomic mass is 16.5. The predicted molar refractivity (Wildman–Crippen MR) is 121 cm³/mol. The Morgan fingerprint density at radius 3 is 2.44 bits per heavy atom. The Hall–Kier alpha value is -3.55. The fourth-order valence-corrected chi connectivity index (χ4v) is 3.71. The molecule has 0 aliphatic carbocycles. The van der Waals surface area contributed by atoms with Gasteiger partial charge in [0.05, 0.1) is 19.4 Å². The van der Waals surface area contributed by atoms with Gasteiger partial charge >= 0.3 is 0 Å². The van der Waals surface area contributed by atoms with Gasteiger partial charge in [0.15, 0.2) is 11.6 Å². The highest BCUT2D eigenvalue weighted by Gasteiger charge is 2.25. The number of nitrogens with zero attached hydrogens (tertiary/aromatic N) is 3. The fraction of sp³-hybridized carbons (Fsp3) is 0.375. The van der Waals surface area contributed by atoms with Crippen molar-refractivity contribution in [3.8, 4) is 23.0 Å². The van der Waals surface area contributed by atoms with E-state index in [9.17, 15) is 4.79 Å². The lowest BCUT2D eigenvalue weighted by molar-refractivity contribution is -0.125. The Bertz CT molecular complexity index is 966. The van der Waals surface area contributed by atoms with Gasteiger partial charge in [-0.1, -0.05) is 0 Å². The Kier molecular flexibility index (Phi) is 7.22. The normalized spacial score (nSPS) is 14.2. The Labute approximate surface area is 187 Å². The van der Waals surface area contributed by atoms with Gasteiger partial charge in [-0.2, -0.15) is 0 Å². The van der Waals surface area contributed by atoms with Gasteiger partial charge in [-0.05, 0) is 68.3 Å². The number of benzene rings is 1. The standard InChI is InChI=1S/C24H28N4O4/c1-2-30-19-5-7-20(8-6-19)31-17-13-25-24(29)18-11-14-28(15-12-18)23-10-9-21(26-27-23)22-4-3-16-32-22/h3-10,16,18H,2,11-15,17H2,1H3,(H,25,29). The maximum absolute atomic E-state index is 12.5.